The Balaban J connectivity index is 2.39. The standard InChI is InChI=1S/C16H17N5O2S/c1-9-5-4-6-10(2)13(9)15-14-11(16(17)19-8-18-14)7-12(20-15)21-24(3,22)23/h4-8H,1-3H3,(H,20,21)(H2,17,18,19). The highest BCUT2D eigenvalue weighted by atomic mass is 32.2. The minimum Gasteiger partial charge on any atom is -0.383 e. The Morgan fingerprint density at radius 1 is 1.12 bits per heavy atom. The molecule has 0 unspecified atom stereocenters. The van der Waals surface area contributed by atoms with Gasteiger partial charge in [0.2, 0.25) is 10.0 Å². The predicted octanol–water partition coefficient (Wildman–Crippen LogP) is 2.26. The van der Waals surface area contributed by atoms with Gasteiger partial charge in [-0.15, -0.1) is 0 Å². The molecule has 7 nitrogen and oxygen atoms in total. The van der Waals surface area contributed by atoms with Crippen LogP contribution < -0.4 is 10.5 Å². The topological polar surface area (TPSA) is 111 Å². The normalized spacial score (nSPS) is 11.6. The van der Waals surface area contributed by atoms with Crippen LogP contribution in [-0.2, 0) is 10.0 Å². The number of aryl methyl sites for hydroxylation is 2. The van der Waals surface area contributed by atoms with Gasteiger partial charge in [-0.2, -0.15) is 0 Å². The van der Waals surface area contributed by atoms with Crippen LogP contribution >= 0.6 is 0 Å². The quantitative estimate of drug-likeness (QED) is 0.754. The van der Waals surface area contributed by atoms with Gasteiger partial charge in [0.25, 0.3) is 0 Å². The van der Waals surface area contributed by atoms with Crippen LogP contribution in [0.15, 0.2) is 30.6 Å². The first-order valence-electron chi connectivity index (χ1n) is 7.22. The molecule has 0 saturated heterocycles. The summed E-state index contributed by atoms with van der Waals surface area (Å²) in [6.45, 7) is 3.94. The third-order valence-corrected chi connectivity index (χ3v) is 4.24. The van der Waals surface area contributed by atoms with Crippen molar-refractivity contribution in [2.24, 2.45) is 0 Å². The summed E-state index contributed by atoms with van der Waals surface area (Å²) >= 11 is 0. The molecule has 0 bridgehead atoms. The minimum absolute atomic E-state index is 0.184. The van der Waals surface area contributed by atoms with E-state index in [1.165, 1.54) is 6.33 Å². The SMILES string of the molecule is Cc1cccc(C)c1-c1nc(NS(C)(=O)=O)cc2c(N)ncnc12. The maximum Gasteiger partial charge on any atom is 0.230 e. The van der Waals surface area contributed by atoms with Crippen LogP contribution in [0.1, 0.15) is 11.1 Å². The van der Waals surface area contributed by atoms with E-state index in [1.807, 2.05) is 32.0 Å². The second-order valence-electron chi connectivity index (χ2n) is 5.65. The van der Waals surface area contributed by atoms with Crippen molar-refractivity contribution in [1.82, 2.24) is 15.0 Å². The van der Waals surface area contributed by atoms with Crippen LogP contribution in [0, 0.1) is 13.8 Å². The van der Waals surface area contributed by atoms with Crippen molar-refractivity contribution < 1.29 is 8.42 Å². The van der Waals surface area contributed by atoms with Crippen LogP contribution in [0.4, 0.5) is 11.6 Å². The molecular weight excluding hydrogens is 326 g/mol. The number of nitrogens with one attached hydrogen (secondary N) is 1. The van der Waals surface area contributed by atoms with Gasteiger partial charge in [-0.3, -0.25) is 4.72 Å². The minimum atomic E-state index is -3.47. The molecule has 0 saturated carbocycles. The van der Waals surface area contributed by atoms with Crippen LogP contribution in [-0.4, -0.2) is 29.6 Å². The van der Waals surface area contributed by atoms with Crippen LogP contribution in [0.5, 0.6) is 0 Å². The zero-order valence-electron chi connectivity index (χ0n) is 13.5. The third-order valence-electron chi connectivity index (χ3n) is 3.66. The van der Waals surface area contributed by atoms with Gasteiger partial charge in [0.1, 0.15) is 23.5 Å². The Morgan fingerprint density at radius 3 is 2.42 bits per heavy atom. The molecule has 124 valence electrons. The van der Waals surface area contributed by atoms with Crippen molar-refractivity contribution in [2.75, 3.05) is 16.7 Å². The van der Waals surface area contributed by atoms with E-state index < -0.39 is 10.0 Å². The lowest BCUT2D eigenvalue weighted by Gasteiger charge is -2.14. The van der Waals surface area contributed by atoms with Crippen LogP contribution in [0.2, 0.25) is 0 Å². The van der Waals surface area contributed by atoms with Crippen LogP contribution in [0.25, 0.3) is 22.2 Å². The Labute approximate surface area is 140 Å². The van der Waals surface area contributed by atoms with Gasteiger partial charge in [-0.25, -0.2) is 23.4 Å². The summed E-state index contributed by atoms with van der Waals surface area (Å²) in [4.78, 5) is 12.8. The maximum absolute atomic E-state index is 11.6. The summed E-state index contributed by atoms with van der Waals surface area (Å²) in [7, 11) is -3.47. The second kappa shape index (κ2) is 5.72. The third kappa shape index (κ3) is 3.00. The smallest absolute Gasteiger partial charge is 0.230 e. The molecular formula is C16H17N5O2S. The lowest BCUT2D eigenvalue weighted by molar-refractivity contribution is 0.606. The van der Waals surface area contributed by atoms with Gasteiger partial charge in [0.05, 0.1) is 11.9 Å². The number of anilines is 2. The van der Waals surface area contributed by atoms with E-state index in [4.69, 9.17) is 5.73 Å². The molecule has 24 heavy (non-hydrogen) atoms. The first-order chi connectivity index (χ1) is 11.3. The van der Waals surface area contributed by atoms with E-state index >= 15 is 0 Å². The van der Waals surface area contributed by atoms with E-state index in [9.17, 15) is 8.42 Å². The maximum atomic E-state index is 11.6. The predicted molar refractivity (Wildman–Crippen MR) is 95.1 cm³/mol. The molecule has 0 radical (unpaired) electrons. The fourth-order valence-corrected chi connectivity index (χ4v) is 3.17. The number of fused-ring (bicyclic) bond motifs is 1. The number of sulfonamides is 1. The zero-order valence-corrected chi connectivity index (χ0v) is 14.3. The number of benzene rings is 1. The monoisotopic (exact) mass is 343 g/mol. The van der Waals surface area contributed by atoms with Crippen molar-refractivity contribution in [3.05, 3.63) is 41.7 Å². The Morgan fingerprint density at radius 2 is 1.79 bits per heavy atom. The van der Waals surface area contributed by atoms with E-state index in [2.05, 4.69) is 19.7 Å². The fraction of sp³-hybridized carbons (Fsp3) is 0.188. The summed E-state index contributed by atoms with van der Waals surface area (Å²) < 4.78 is 25.6. The summed E-state index contributed by atoms with van der Waals surface area (Å²) in [5.41, 5.74) is 10.0. The molecule has 0 amide bonds. The van der Waals surface area contributed by atoms with Crippen molar-refractivity contribution in [2.45, 2.75) is 13.8 Å². The average molecular weight is 343 g/mol. The van der Waals surface area contributed by atoms with Gasteiger partial charge < -0.3 is 5.73 Å². The fourth-order valence-electron chi connectivity index (χ4n) is 2.69. The number of hydrogen-bond acceptors (Lipinski definition) is 6. The van der Waals surface area contributed by atoms with Gasteiger partial charge in [0.15, 0.2) is 0 Å². The van der Waals surface area contributed by atoms with Gasteiger partial charge >= 0.3 is 0 Å². The largest absolute Gasteiger partial charge is 0.383 e. The van der Waals surface area contributed by atoms with Crippen molar-refractivity contribution >= 4 is 32.6 Å². The highest BCUT2D eigenvalue weighted by Gasteiger charge is 2.16. The number of pyridine rings is 1. The second-order valence-corrected chi connectivity index (χ2v) is 7.40. The van der Waals surface area contributed by atoms with Crippen molar-refractivity contribution in [3.63, 3.8) is 0 Å². The Hall–Kier alpha value is -2.74. The van der Waals surface area contributed by atoms with Gasteiger partial charge in [0, 0.05) is 10.9 Å². The molecule has 2 heterocycles. The highest BCUT2D eigenvalue weighted by molar-refractivity contribution is 7.92. The summed E-state index contributed by atoms with van der Waals surface area (Å²) in [5, 5.41) is 0.552. The number of aromatic nitrogens is 3. The zero-order chi connectivity index (χ0) is 17.5. The molecule has 3 rings (SSSR count). The summed E-state index contributed by atoms with van der Waals surface area (Å²) in [6, 6.07) is 7.44. The van der Waals surface area contributed by atoms with E-state index in [0.29, 0.717) is 16.6 Å². The van der Waals surface area contributed by atoms with Crippen molar-refractivity contribution in [1.29, 1.82) is 0 Å². The number of nitrogens with two attached hydrogens (primary N) is 1. The molecule has 1 aromatic carbocycles. The van der Waals surface area contributed by atoms with Crippen LogP contribution in [0.3, 0.4) is 0 Å². The molecule has 0 aliphatic heterocycles. The molecule has 0 atom stereocenters. The van der Waals surface area contributed by atoms with E-state index in [-0.39, 0.29) is 11.6 Å². The Kier molecular flexibility index (Phi) is 3.84. The molecule has 8 heteroatoms. The van der Waals surface area contributed by atoms with Gasteiger partial charge in [-0.05, 0) is 31.0 Å². The molecule has 0 fully saturated rings. The van der Waals surface area contributed by atoms with Gasteiger partial charge in [-0.1, -0.05) is 18.2 Å². The first-order valence-corrected chi connectivity index (χ1v) is 9.11. The molecule has 3 N–H and O–H groups in total. The number of hydrogen-bond donors (Lipinski definition) is 2. The molecule has 2 aromatic heterocycles. The Bertz CT molecular complexity index is 1030. The number of nitrogens with zero attached hydrogens (tertiary/aromatic N) is 3. The molecule has 0 aliphatic rings. The van der Waals surface area contributed by atoms with E-state index in [0.717, 1.165) is 22.9 Å². The summed E-state index contributed by atoms with van der Waals surface area (Å²) in [5.74, 6) is 0.454. The lowest BCUT2D eigenvalue weighted by Crippen LogP contribution is -2.12. The molecule has 0 aliphatic carbocycles. The summed E-state index contributed by atoms with van der Waals surface area (Å²) in [6.07, 6.45) is 2.45. The first kappa shape index (κ1) is 16.1. The molecule has 3 aromatic rings. The average Bonchev–Trinajstić information content (AvgIpc) is 2.46. The van der Waals surface area contributed by atoms with Crippen molar-refractivity contribution in [3.8, 4) is 11.3 Å². The van der Waals surface area contributed by atoms with E-state index in [1.54, 1.807) is 6.07 Å². The lowest BCUT2D eigenvalue weighted by atomic mass is 9.98. The number of nitrogen functional groups attached to an aromatic ring is 1. The number of rotatable bonds is 3. The highest BCUT2D eigenvalue weighted by Crippen LogP contribution is 2.33. The molecule has 0 spiro atoms.